The molecule has 0 aliphatic carbocycles. The molecule has 1 aromatic carbocycles. The van der Waals surface area contributed by atoms with Gasteiger partial charge in [0.05, 0.1) is 11.9 Å². The number of benzene rings is 1. The number of carbonyl (C=O) groups excluding carboxylic acids is 1. The van der Waals surface area contributed by atoms with E-state index in [0.29, 0.717) is 0 Å². The van der Waals surface area contributed by atoms with E-state index in [1.54, 1.807) is 0 Å². The Kier molecular flexibility index (Phi) is 3.87. The topological polar surface area (TPSA) is 105 Å². The van der Waals surface area contributed by atoms with Gasteiger partial charge in [0.15, 0.2) is 5.82 Å². The lowest BCUT2D eigenvalue weighted by molar-refractivity contribution is -0.274. The van der Waals surface area contributed by atoms with Crippen LogP contribution in [0.25, 0.3) is 0 Å². The maximum absolute atomic E-state index is 12.0. The fourth-order valence-corrected chi connectivity index (χ4v) is 1.41. The van der Waals surface area contributed by atoms with E-state index in [1.807, 2.05) is 0 Å². The van der Waals surface area contributed by atoms with Crippen LogP contribution in [0.4, 0.5) is 35.2 Å². The number of nitrogen functional groups attached to an aromatic ring is 1. The summed E-state index contributed by atoms with van der Waals surface area (Å²) in [7, 11) is 0. The molecule has 0 spiro atoms. The van der Waals surface area contributed by atoms with Crippen LogP contribution >= 0.6 is 0 Å². The van der Waals surface area contributed by atoms with Crippen LogP contribution in [0.3, 0.4) is 0 Å². The first-order chi connectivity index (χ1) is 9.83. The van der Waals surface area contributed by atoms with Crippen LogP contribution in [-0.4, -0.2) is 22.6 Å². The number of hydrogen-bond donors (Lipinski definition) is 4. The molecule has 2 aromatic rings. The van der Waals surface area contributed by atoms with Crippen LogP contribution in [0.5, 0.6) is 5.75 Å². The molecule has 2 rings (SSSR count). The number of anilines is 3. The van der Waals surface area contributed by atoms with E-state index in [1.165, 1.54) is 18.3 Å². The number of carbonyl (C=O) groups is 1. The van der Waals surface area contributed by atoms with Crippen LogP contribution in [0.2, 0.25) is 0 Å². The molecule has 0 unspecified atom stereocenters. The molecule has 5 N–H and O–H groups in total. The summed E-state index contributed by atoms with van der Waals surface area (Å²) in [4.78, 5) is 11.6. The van der Waals surface area contributed by atoms with Gasteiger partial charge >= 0.3 is 12.4 Å². The second-order valence-corrected chi connectivity index (χ2v) is 3.85. The third-order valence-corrected chi connectivity index (χ3v) is 2.25. The fraction of sp³-hybridized carbons (Fsp3) is 0.0909. The zero-order valence-electron chi connectivity index (χ0n) is 10.4. The molecular formula is C11H10F3N5O2. The second kappa shape index (κ2) is 5.61. The molecule has 0 aliphatic heterocycles. The van der Waals surface area contributed by atoms with E-state index in [-0.39, 0.29) is 22.9 Å². The number of nitrogens with two attached hydrogens (primary N) is 1. The first-order valence-electron chi connectivity index (χ1n) is 5.56. The van der Waals surface area contributed by atoms with Gasteiger partial charge in [-0.15, -0.1) is 13.2 Å². The molecule has 0 radical (unpaired) electrons. The number of nitrogens with zero attached hydrogens (tertiary/aromatic N) is 1. The van der Waals surface area contributed by atoms with Gasteiger partial charge in [0.25, 0.3) is 0 Å². The number of urea groups is 1. The molecular weight excluding hydrogens is 291 g/mol. The first-order valence-corrected chi connectivity index (χ1v) is 5.56. The highest BCUT2D eigenvalue weighted by Gasteiger charge is 2.30. The summed E-state index contributed by atoms with van der Waals surface area (Å²) in [5.41, 5.74) is 6.03. The third kappa shape index (κ3) is 4.30. The Morgan fingerprint density at radius 2 is 1.90 bits per heavy atom. The molecule has 0 saturated carbocycles. The molecule has 21 heavy (non-hydrogen) atoms. The Balaban J connectivity index is 1.94. The van der Waals surface area contributed by atoms with Gasteiger partial charge in [-0.25, -0.2) is 4.79 Å². The van der Waals surface area contributed by atoms with Crippen molar-refractivity contribution in [1.29, 1.82) is 0 Å². The molecule has 0 aliphatic rings. The van der Waals surface area contributed by atoms with Crippen molar-refractivity contribution >= 4 is 23.2 Å². The molecule has 10 heteroatoms. The van der Waals surface area contributed by atoms with Gasteiger partial charge in [-0.05, 0) is 24.3 Å². The predicted octanol–water partition coefficient (Wildman–Crippen LogP) is 2.53. The highest BCUT2D eigenvalue weighted by Crippen LogP contribution is 2.24. The minimum atomic E-state index is -4.76. The minimum absolute atomic E-state index is 0.213. The minimum Gasteiger partial charge on any atom is -0.406 e. The van der Waals surface area contributed by atoms with Crippen LogP contribution in [-0.2, 0) is 0 Å². The summed E-state index contributed by atoms with van der Waals surface area (Å²) in [6.07, 6.45) is -3.44. The highest BCUT2D eigenvalue weighted by molar-refractivity contribution is 6.00. The van der Waals surface area contributed by atoms with Crippen molar-refractivity contribution in [3.05, 3.63) is 30.5 Å². The van der Waals surface area contributed by atoms with Gasteiger partial charge in [0.2, 0.25) is 0 Å². The zero-order valence-corrected chi connectivity index (χ0v) is 10.4. The number of hydrogen-bond acceptors (Lipinski definition) is 4. The maximum atomic E-state index is 12.0. The normalized spacial score (nSPS) is 11.0. The van der Waals surface area contributed by atoms with Gasteiger partial charge in [-0.2, -0.15) is 5.10 Å². The van der Waals surface area contributed by atoms with E-state index in [9.17, 15) is 18.0 Å². The summed E-state index contributed by atoms with van der Waals surface area (Å²) in [6.45, 7) is 0. The van der Waals surface area contributed by atoms with E-state index in [4.69, 9.17) is 5.73 Å². The smallest absolute Gasteiger partial charge is 0.406 e. The lowest BCUT2D eigenvalue weighted by Crippen LogP contribution is -2.20. The van der Waals surface area contributed by atoms with Crippen LogP contribution < -0.4 is 21.1 Å². The Hall–Kier alpha value is -2.91. The molecule has 1 aromatic heterocycles. The van der Waals surface area contributed by atoms with Crippen molar-refractivity contribution in [2.45, 2.75) is 6.36 Å². The standard InChI is InChI=1S/C11H10F3N5O2/c12-11(13,14)21-7-3-1-6(2-4-7)17-10(20)18-9-8(15)5-16-19-9/h1-5H,15H2,(H3,16,17,18,19,20). The zero-order chi connectivity index (χ0) is 15.5. The quantitative estimate of drug-likeness (QED) is 0.699. The first kappa shape index (κ1) is 14.5. The third-order valence-electron chi connectivity index (χ3n) is 2.25. The Morgan fingerprint density at radius 3 is 2.43 bits per heavy atom. The lowest BCUT2D eigenvalue weighted by atomic mass is 10.3. The van der Waals surface area contributed by atoms with Crippen LogP contribution in [0, 0.1) is 0 Å². The van der Waals surface area contributed by atoms with Crippen molar-refractivity contribution in [2.24, 2.45) is 0 Å². The molecule has 1 heterocycles. The summed E-state index contributed by atoms with van der Waals surface area (Å²) < 4.78 is 39.6. The van der Waals surface area contributed by atoms with Crippen molar-refractivity contribution in [1.82, 2.24) is 10.2 Å². The highest BCUT2D eigenvalue weighted by atomic mass is 19.4. The Labute approximate surface area is 116 Å². The van der Waals surface area contributed by atoms with Gasteiger partial charge < -0.3 is 15.8 Å². The number of rotatable bonds is 3. The number of aromatic nitrogens is 2. The van der Waals surface area contributed by atoms with Gasteiger partial charge in [-0.1, -0.05) is 0 Å². The molecule has 0 saturated heterocycles. The molecule has 0 bridgehead atoms. The number of nitrogens with one attached hydrogen (secondary N) is 3. The lowest BCUT2D eigenvalue weighted by Gasteiger charge is -2.10. The summed E-state index contributed by atoms with van der Waals surface area (Å²) in [5.74, 6) is -0.171. The largest absolute Gasteiger partial charge is 0.573 e. The van der Waals surface area contributed by atoms with Gasteiger partial charge in [0, 0.05) is 5.69 Å². The predicted molar refractivity (Wildman–Crippen MR) is 68.8 cm³/mol. The maximum Gasteiger partial charge on any atom is 0.573 e. The van der Waals surface area contributed by atoms with E-state index in [2.05, 4.69) is 25.6 Å². The second-order valence-electron chi connectivity index (χ2n) is 3.85. The summed E-state index contributed by atoms with van der Waals surface area (Å²) in [5, 5.41) is 10.9. The average molecular weight is 301 g/mol. The number of alkyl halides is 3. The van der Waals surface area contributed by atoms with E-state index < -0.39 is 12.4 Å². The van der Waals surface area contributed by atoms with Gasteiger partial charge in [-0.3, -0.25) is 10.4 Å². The number of halogens is 3. The SMILES string of the molecule is Nc1cn[nH]c1NC(=O)Nc1ccc(OC(F)(F)F)cc1. The number of amides is 2. The molecule has 0 atom stereocenters. The summed E-state index contributed by atoms with van der Waals surface area (Å²) in [6, 6.07) is 4.05. The number of H-pyrrole nitrogens is 1. The molecule has 0 fully saturated rings. The number of aromatic amines is 1. The van der Waals surface area contributed by atoms with E-state index >= 15 is 0 Å². The Morgan fingerprint density at radius 1 is 1.24 bits per heavy atom. The summed E-state index contributed by atoms with van der Waals surface area (Å²) >= 11 is 0. The monoisotopic (exact) mass is 301 g/mol. The van der Waals surface area contributed by atoms with Crippen molar-refractivity contribution in [3.8, 4) is 5.75 Å². The Bertz CT molecular complexity index is 624. The fourth-order valence-electron chi connectivity index (χ4n) is 1.41. The molecule has 7 nitrogen and oxygen atoms in total. The van der Waals surface area contributed by atoms with Crippen molar-refractivity contribution in [3.63, 3.8) is 0 Å². The van der Waals surface area contributed by atoms with Gasteiger partial charge in [0.1, 0.15) is 5.75 Å². The average Bonchev–Trinajstić information content (AvgIpc) is 2.76. The number of ether oxygens (including phenoxy) is 1. The van der Waals surface area contributed by atoms with Crippen LogP contribution in [0.1, 0.15) is 0 Å². The molecule has 112 valence electrons. The van der Waals surface area contributed by atoms with Crippen molar-refractivity contribution in [2.75, 3.05) is 16.4 Å². The molecule has 2 amide bonds. The van der Waals surface area contributed by atoms with Crippen molar-refractivity contribution < 1.29 is 22.7 Å². The van der Waals surface area contributed by atoms with Crippen LogP contribution in [0.15, 0.2) is 30.5 Å². The van der Waals surface area contributed by atoms with E-state index in [0.717, 1.165) is 12.1 Å².